The van der Waals surface area contributed by atoms with E-state index in [1.807, 2.05) is 0 Å². The third-order valence-electron chi connectivity index (χ3n) is 4.39. The van der Waals surface area contributed by atoms with Crippen LogP contribution < -0.4 is 16.0 Å². The van der Waals surface area contributed by atoms with Crippen LogP contribution in [0.15, 0.2) is 0 Å². The lowest BCUT2D eigenvalue weighted by Gasteiger charge is -2.21. The minimum absolute atomic E-state index is 0.0636. The fourth-order valence-electron chi connectivity index (χ4n) is 3.06. The molecule has 3 atom stereocenters. The summed E-state index contributed by atoms with van der Waals surface area (Å²) in [6.45, 7) is 5.56. The highest BCUT2D eigenvalue weighted by Crippen LogP contribution is 2.27. The van der Waals surface area contributed by atoms with Gasteiger partial charge in [0.15, 0.2) is 0 Å². The number of ether oxygens (including phenoxy) is 1. The Kier molecular flexibility index (Phi) is 5.05. The SMILES string of the molecule is COC(=O)C(CC1CCNC1=O)NC(=O)C1CC(C)(C)CN1. The molecule has 0 spiro atoms. The van der Waals surface area contributed by atoms with E-state index in [1.165, 1.54) is 7.11 Å². The highest BCUT2D eigenvalue weighted by molar-refractivity contribution is 5.88. The summed E-state index contributed by atoms with van der Waals surface area (Å²) in [5, 5.41) is 8.64. The minimum atomic E-state index is -0.781. The standard InChI is InChI=1S/C15H25N3O4/c1-15(2)7-11(17-8-15)13(20)18-10(14(21)22-3)6-9-4-5-16-12(9)19/h9-11,17H,4-8H2,1-3H3,(H,16,19)(H,18,20). The average Bonchev–Trinajstić information content (AvgIpc) is 3.03. The van der Waals surface area contributed by atoms with Crippen molar-refractivity contribution in [2.75, 3.05) is 20.2 Å². The molecular weight excluding hydrogens is 286 g/mol. The molecule has 22 heavy (non-hydrogen) atoms. The summed E-state index contributed by atoms with van der Waals surface area (Å²) in [7, 11) is 1.28. The molecule has 3 unspecified atom stereocenters. The van der Waals surface area contributed by atoms with Gasteiger partial charge in [-0.3, -0.25) is 9.59 Å². The van der Waals surface area contributed by atoms with E-state index in [9.17, 15) is 14.4 Å². The normalized spacial score (nSPS) is 28.0. The van der Waals surface area contributed by atoms with Crippen LogP contribution in [0, 0.1) is 11.3 Å². The second-order valence-electron chi connectivity index (χ2n) is 6.90. The molecule has 3 N–H and O–H groups in total. The van der Waals surface area contributed by atoms with Gasteiger partial charge in [0.05, 0.1) is 13.2 Å². The minimum Gasteiger partial charge on any atom is -0.467 e. The van der Waals surface area contributed by atoms with Crippen LogP contribution in [0.1, 0.15) is 33.1 Å². The summed E-state index contributed by atoms with van der Waals surface area (Å²) < 4.78 is 4.76. The molecule has 2 amide bonds. The third kappa shape index (κ3) is 3.97. The molecule has 2 aliphatic rings. The Bertz CT molecular complexity index is 464. The van der Waals surface area contributed by atoms with Crippen LogP contribution in [0.4, 0.5) is 0 Å². The highest BCUT2D eigenvalue weighted by atomic mass is 16.5. The van der Waals surface area contributed by atoms with E-state index >= 15 is 0 Å². The zero-order valence-corrected chi connectivity index (χ0v) is 13.4. The smallest absolute Gasteiger partial charge is 0.328 e. The van der Waals surface area contributed by atoms with Crippen LogP contribution in [-0.4, -0.2) is 50.1 Å². The Hall–Kier alpha value is -1.63. The zero-order valence-electron chi connectivity index (χ0n) is 13.4. The van der Waals surface area contributed by atoms with Gasteiger partial charge >= 0.3 is 5.97 Å². The molecule has 2 fully saturated rings. The van der Waals surface area contributed by atoms with Gasteiger partial charge < -0.3 is 20.7 Å². The summed E-state index contributed by atoms with van der Waals surface area (Å²) in [5.41, 5.74) is 0.0636. The Balaban J connectivity index is 1.96. The van der Waals surface area contributed by atoms with Crippen molar-refractivity contribution in [3.05, 3.63) is 0 Å². The van der Waals surface area contributed by atoms with Crippen LogP contribution in [0.2, 0.25) is 0 Å². The Morgan fingerprint density at radius 3 is 2.68 bits per heavy atom. The maximum atomic E-state index is 12.3. The first kappa shape index (κ1) is 16.7. The fourth-order valence-corrected chi connectivity index (χ4v) is 3.06. The second kappa shape index (κ2) is 6.64. The van der Waals surface area contributed by atoms with Gasteiger partial charge in [-0.15, -0.1) is 0 Å². The maximum Gasteiger partial charge on any atom is 0.328 e. The van der Waals surface area contributed by atoms with Crippen LogP contribution in [0.5, 0.6) is 0 Å². The van der Waals surface area contributed by atoms with Crippen LogP contribution in [0.3, 0.4) is 0 Å². The molecule has 7 heteroatoms. The molecule has 0 radical (unpaired) electrons. The molecule has 2 rings (SSSR count). The molecular formula is C15H25N3O4. The first-order valence-electron chi connectivity index (χ1n) is 7.72. The van der Waals surface area contributed by atoms with Gasteiger partial charge in [-0.25, -0.2) is 4.79 Å². The average molecular weight is 311 g/mol. The predicted molar refractivity (Wildman–Crippen MR) is 79.9 cm³/mol. The van der Waals surface area contributed by atoms with Crippen molar-refractivity contribution < 1.29 is 19.1 Å². The Labute approximate surface area is 130 Å². The van der Waals surface area contributed by atoms with Gasteiger partial charge in [-0.05, 0) is 24.7 Å². The number of carbonyl (C=O) groups excluding carboxylic acids is 3. The number of carbonyl (C=O) groups is 3. The summed E-state index contributed by atoms with van der Waals surface area (Å²) >= 11 is 0. The molecule has 0 saturated carbocycles. The van der Waals surface area contributed by atoms with Crippen molar-refractivity contribution in [3.8, 4) is 0 Å². The maximum absolute atomic E-state index is 12.3. The largest absolute Gasteiger partial charge is 0.467 e. The number of esters is 1. The van der Waals surface area contributed by atoms with E-state index in [1.54, 1.807) is 0 Å². The quantitative estimate of drug-likeness (QED) is 0.598. The highest BCUT2D eigenvalue weighted by Gasteiger charge is 2.37. The first-order chi connectivity index (χ1) is 10.3. The molecule has 7 nitrogen and oxygen atoms in total. The van der Waals surface area contributed by atoms with Crippen molar-refractivity contribution in [1.82, 2.24) is 16.0 Å². The Morgan fingerprint density at radius 1 is 1.45 bits per heavy atom. The number of amides is 2. The second-order valence-corrected chi connectivity index (χ2v) is 6.90. The zero-order chi connectivity index (χ0) is 16.3. The van der Waals surface area contributed by atoms with E-state index in [2.05, 4.69) is 29.8 Å². The van der Waals surface area contributed by atoms with E-state index in [0.717, 1.165) is 13.0 Å². The molecule has 0 aliphatic carbocycles. The number of methoxy groups -OCH3 is 1. The lowest BCUT2D eigenvalue weighted by molar-refractivity contribution is -0.146. The van der Waals surface area contributed by atoms with Gasteiger partial charge in [-0.2, -0.15) is 0 Å². The van der Waals surface area contributed by atoms with Crippen molar-refractivity contribution in [3.63, 3.8) is 0 Å². The van der Waals surface area contributed by atoms with E-state index < -0.39 is 12.0 Å². The number of rotatable bonds is 5. The molecule has 2 saturated heterocycles. The van der Waals surface area contributed by atoms with Crippen molar-refractivity contribution >= 4 is 17.8 Å². The fraction of sp³-hybridized carbons (Fsp3) is 0.800. The molecule has 2 heterocycles. The number of hydrogen-bond acceptors (Lipinski definition) is 5. The topological polar surface area (TPSA) is 96.5 Å². The Morgan fingerprint density at radius 2 is 2.18 bits per heavy atom. The van der Waals surface area contributed by atoms with Crippen LogP contribution in [-0.2, 0) is 19.1 Å². The van der Waals surface area contributed by atoms with Crippen molar-refractivity contribution in [1.29, 1.82) is 0 Å². The van der Waals surface area contributed by atoms with Crippen LogP contribution in [0.25, 0.3) is 0 Å². The van der Waals surface area contributed by atoms with Gasteiger partial charge in [0, 0.05) is 19.0 Å². The third-order valence-corrected chi connectivity index (χ3v) is 4.39. The van der Waals surface area contributed by atoms with Crippen molar-refractivity contribution in [2.24, 2.45) is 11.3 Å². The predicted octanol–water partition coefficient (Wildman–Crippen LogP) is -0.441. The molecule has 0 bridgehead atoms. The lowest BCUT2D eigenvalue weighted by atomic mass is 9.90. The van der Waals surface area contributed by atoms with Gasteiger partial charge in [0.2, 0.25) is 11.8 Å². The van der Waals surface area contributed by atoms with Gasteiger partial charge in [0.25, 0.3) is 0 Å². The summed E-state index contributed by atoms with van der Waals surface area (Å²) in [4.78, 5) is 35.9. The molecule has 2 aliphatic heterocycles. The lowest BCUT2D eigenvalue weighted by Crippen LogP contribution is -2.49. The summed E-state index contributed by atoms with van der Waals surface area (Å²) in [6, 6.07) is -1.09. The number of hydrogen-bond donors (Lipinski definition) is 3. The summed E-state index contributed by atoms with van der Waals surface area (Å²) in [5.74, 6) is -1.04. The van der Waals surface area contributed by atoms with Gasteiger partial charge in [-0.1, -0.05) is 13.8 Å². The van der Waals surface area contributed by atoms with E-state index in [0.29, 0.717) is 13.0 Å². The summed E-state index contributed by atoms with van der Waals surface area (Å²) in [6.07, 6.45) is 1.67. The first-order valence-corrected chi connectivity index (χ1v) is 7.72. The number of nitrogens with one attached hydrogen (secondary N) is 3. The van der Waals surface area contributed by atoms with E-state index in [4.69, 9.17) is 4.74 Å². The molecule has 124 valence electrons. The van der Waals surface area contributed by atoms with E-state index in [-0.39, 0.29) is 35.6 Å². The molecule has 0 aromatic rings. The van der Waals surface area contributed by atoms with Crippen molar-refractivity contribution in [2.45, 2.75) is 45.2 Å². The van der Waals surface area contributed by atoms with Crippen LogP contribution >= 0.6 is 0 Å². The van der Waals surface area contributed by atoms with Gasteiger partial charge in [0.1, 0.15) is 6.04 Å². The molecule has 0 aromatic carbocycles. The monoisotopic (exact) mass is 311 g/mol. The molecule has 0 aromatic heterocycles.